The minimum absolute atomic E-state index is 0.109. The van der Waals surface area contributed by atoms with Crippen LogP contribution in [0, 0.1) is 19.7 Å². The second-order valence-electron chi connectivity index (χ2n) is 4.83. The predicted molar refractivity (Wildman–Crippen MR) is 80.1 cm³/mol. The van der Waals surface area contributed by atoms with Crippen LogP contribution in [-0.2, 0) is 10.0 Å². The van der Waals surface area contributed by atoms with E-state index >= 15 is 0 Å². The molecule has 0 fully saturated rings. The van der Waals surface area contributed by atoms with Crippen molar-refractivity contribution in [1.29, 1.82) is 0 Å². The van der Waals surface area contributed by atoms with Crippen LogP contribution >= 0.6 is 0 Å². The average molecular weight is 323 g/mol. The van der Waals surface area contributed by atoms with Crippen LogP contribution < -0.4 is 4.72 Å². The Morgan fingerprint density at radius 3 is 2.27 bits per heavy atom. The highest BCUT2D eigenvalue weighted by molar-refractivity contribution is 7.92. The monoisotopic (exact) mass is 323 g/mol. The molecular formula is C15H14FNO4S. The summed E-state index contributed by atoms with van der Waals surface area (Å²) in [6.07, 6.45) is 0. The van der Waals surface area contributed by atoms with E-state index in [9.17, 15) is 17.6 Å². The van der Waals surface area contributed by atoms with Crippen molar-refractivity contribution >= 4 is 21.7 Å². The molecule has 7 heteroatoms. The molecule has 0 unspecified atom stereocenters. The Balaban J connectivity index is 2.49. The van der Waals surface area contributed by atoms with Crippen LogP contribution in [0.5, 0.6) is 0 Å². The van der Waals surface area contributed by atoms with Gasteiger partial charge in [-0.15, -0.1) is 0 Å². The number of sulfonamides is 1. The van der Waals surface area contributed by atoms with Crippen molar-refractivity contribution in [2.75, 3.05) is 4.72 Å². The van der Waals surface area contributed by atoms with Crippen molar-refractivity contribution in [3.05, 3.63) is 58.9 Å². The van der Waals surface area contributed by atoms with Gasteiger partial charge in [0.15, 0.2) is 0 Å². The van der Waals surface area contributed by atoms with Crippen LogP contribution in [0.3, 0.4) is 0 Å². The molecule has 0 aliphatic heterocycles. The van der Waals surface area contributed by atoms with Gasteiger partial charge in [-0.3, -0.25) is 4.72 Å². The van der Waals surface area contributed by atoms with E-state index in [4.69, 9.17) is 5.11 Å². The van der Waals surface area contributed by atoms with Gasteiger partial charge >= 0.3 is 5.97 Å². The van der Waals surface area contributed by atoms with E-state index in [-0.39, 0.29) is 16.1 Å². The minimum atomic E-state index is -3.97. The highest BCUT2D eigenvalue weighted by Gasteiger charge is 2.20. The summed E-state index contributed by atoms with van der Waals surface area (Å²) < 4.78 is 40.0. The lowest BCUT2D eigenvalue weighted by Gasteiger charge is -2.13. The van der Waals surface area contributed by atoms with Crippen molar-refractivity contribution in [3.63, 3.8) is 0 Å². The smallest absolute Gasteiger partial charge is 0.335 e. The molecular weight excluding hydrogens is 309 g/mol. The van der Waals surface area contributed by atoms with Crippen LogP contribution in [-0.4, -0.2) is 19.5 Å². The number of aryl methyl sites for hydroxylation is 1. The first-order chi connectivity index (χ1) is 10.2. The number of rotatable bonds is 4. The van der Waals surface area contributed by atoms with Gasteiger partial charge in [0.25, 0.3) is 10.0 Å². The summed E-state index contributed by atoms with van der Waals surface area (Å²) in [5, 5.41) is 9.05. The topological polar surface area (TPSA) is 83.5 Å². The van der Waals surface area contributed by atoms with Gasteiger partial charge in [-0.05, 0) is 61.4 Å². The molecule has 2 N–H and O–H groups in total. The number of carboxylic acids is 1. The maximum Gasteiger partial charge on any atom is 0.335 e. The van der Waals surface area contributed by atoms with Gasteiger partial charge in [-0.1, -0.05) is 0 Å². The van der Waals surface area contributed by atoms with E-state index in [1.54, 1.807) is 13.8 Å². The summed E-state index contributed by atoms with van der Waals surface area (Å²) in [5.41, 5.74) is 1.10. The standard InChI is InChI=1S/C15H14FNO4S/c1-9-7-11(15(18)19)8-14(10(9)2)22(20,21)17-13-5-3-12(16)4-6-13/h3-8,17H,1-2H3,(H,18,19). The van der Waals surface area contributed by atoms with Crippen molar-refractivity contribution in [1.82, 2.24) is 0 Å². The third kappa shape index (κ3) is 3.25. The van der Waals surface area contributed by atoms with Gasteiger partial charge in [-0.2, -0.15) is 0 Å². The van der Waals surface area contributed by atoms with Crippen LogP contribution in [0.25, 0.3) is 0 Å². The summed E-state index contributed by atoms with van der Waals surface area (Å²) in [7, 11) is -3.97. The first kappa shape index (κ1) is 16.0. The van der Waals surface area contributed by atoms with Gasteiger partial charge in [0, 0.05) is 5.69 Å². The van der Waals surface area contributed by atoms with E-state index in [1.807, 2.05) is 0 Å². The third-order valence-electron chi connectivity index (χ3n) is 3.25. The summed E-state index contributed by atoms with van der Waals surface area (Å²) in [5.74, 6) is -1.69. The number of carboxylic acid groups (broad SMARTS) is 1. The second kappa shape index (κ2) is 5.76. The molecule has 0 bridgehead atoms. The van der Waals surface area contributed by atoms with Gasteiger partial charge in [0.05, 0.1) is 10.5 Å². The zero-order valence-electron chi connectivity index (χ0n) is 11.9. The highest BCUT2D eigenvalue weighted by atomic mass is 32.2. The fourth-order valence-electron chi connectivity index (χ4n) is 1.96. The largest absolute Gasteiger partial charge is 0.478 e. The van der Waals surface area contributed by atoms with Crippen LogP contribution in [0.15, 0.2) is 41.3 Å². The Morgan fingerprint density at radius 1 is 1.14 bits per heavy atom. The molecule has 116 valence electrons. The lowest BCUT2D eigenvalue weighted by Crippen LogP contribution is -2.16. The van der Waals surface area contributed by atoms with E-state index in [0.717, 1.165) is 18.2 Å². The van der Waals surface area contributed by atoms with Gasteiger partial charge in [-0.25, -0.2) is 17.6 Å². The van der Waals surface area contributed by atoms with Crippen molar-refractivity contribution < 1.29 is 22.7 Å². The maximum absolute atomic E-state index is 12.9. The molecule has 0 saturated heterocycles. The molecule has 0 amide bonds. The molecule has 5 nitrogen and oxygen atoms in total. The molecule has 0 spiro atoms. The maximum atomic E-state index is 12.9. The second-order valence-corrected chi connectivity index (χ2v) is 6.48. The molecule has 0 heterocycles. The van der Waals surface area contributed by atoms with E-state index in [1.165, 1.54) is 18.2 Å². The quantitative estimate of drug-likeness (QED) is 0.906. The summed E-state index contributed by atoms with van der Waals surface area (Å²) in [6, 6.07) is 7.35. The van der Waals surface area contributed by atoms with E-state index in [0.29, 0.717) is 11.1 Å². The molecule has 2 aromatic rings. The number of halogens is 1. The van der Waals surface area contributed by atoms with Crippen molar-refractivity contribution in [3.8, 4) is 0 Å². The molecule has 0 aromatic heterocycles. The molecule has 0 aliphatic rings. The Bertz CT molecular complexity index is 829. The number of benzene rings is 2. The van der Waals surface area contributed by atoms with Crippen LogP contribution in [0.1, 0.15) is 21.5 Å². The van der Waals surface area contributed by atoms with Gasteiger partial charge in [0.2, 0.25) is 0 Å². The lowest BCUT2D eigenvalue weighted by molar-refractivity contribution is 0.0696. The number of nitrogens with one attached hydrogen (secondary N) is 1. The minimum Gasteiger partial charge on any atom is -0.478 e. The average Bonchev–Trinajstić information content (AvgIpc) is 2.43. The molecule has 0 radical (unpaired) electrons. The number of carbonyl (C=O) groups is 1. The van der Waals surface area contributed by atoms with Crippen molar-refractivity contribution in [2.24, 2.45) is 0 Å². The van der Waals surface area contributed by atoms with E-state index < -0.39 is 21.8 Å². The normalized spacial score (nSPS) is 11.2. The van der Waals surface area contributed by atoms with E-state index in [2.05, 4.69) is 4.72 Å². The zero-order valence-corrected chi connectivity index (χ0v) is 12.7. The summed E-state index contributed by atoms with van der Waals surface area (Å²) >= 11 is 0. The molecule has 0 saturated carbocycles. The molecule has 2 aromatic carbocycles. The first-order valence-electron chi connectivity index (χ1n) is 6.33. The van der Waals surface area contributed by atoms with Crippen LogP contribution in [0.4, 0.5) is 10.1 Å². The zero-order chi connectivity index (χ0) is 16.5. The fourth-order valence-corrected chi connectivity index (χ4v) is 3.36. The van der Waals surface area contributed by atoms with Gasteiger partial charge < -0.3 is 5.11 Å². The number of aromatic carboxylic acids is 1. The molecule has 22 heavy (non-hydrogen) atoms. The lowest BCUT2D eigenvalue weighted by atomic mass is 10.1. The fraction of sp³-hybridized carbons (Fsp3) is 0.133. The Kier molecular flexibility index (Phi) is 4.18. The highest BCUT2D eigenvalue weighted by Crippen LogP contribution is 2.24. The number of anilines is 1. The van der Waals surface area contributed by atoms with Gasteiger partial charge in [0.1, 0.15) is 5.82 Å². The number of hydrogen-bond donors (Lipinski definition) is 2. The SMILES string of the molecule is Cc1cc(C(=O)O)cc(S(=O)(=O)Nc2ccc(F)cc2)c1C. The van der Waals surface area contributed by atoms with Crippen molar-refractivity contribution in [2.45, 2.75) is 18.7 Å². The molecule has 2 rings (SSSR count). The molecule has 0 aliphatic carbocycles. The molecule has 0 atom stereocenters. The summed E-state index contributed by atoms with van der Waals surface area (Å²) in [6.45, 7) is 3.23. The Morgan fingerprint density at radius 2 is 1.73 bits per heavy atom. The Hall–Kier alpha value is -2.41. The van der Waals surface area contributed by atoms with Crippen LogP contribution in [0.2, 0.25) is 0 Å². The third-order valence-corrected chi connectivity index (χ3v) is 4.76. The summed E-state index contributed by atoms with van der Waals surface area (Å²) in [4.78, 5) is 11.0. The predicted octanol–water partition coefficient (Wildman–Crippen LogP) is 2.94. The first-order valence-corrected chi connectivity index (χ1v) is 7.82. The Labute approximate surface area is 127 Å². The number of hydrogen-bond acceptors (Lipinski definition) is 3.